The van der Waals surface area contributed by atoms with E-state index in [1.165, 1.54) is 11.3 Å². The second-order valence-electron chi connectivity index (χ2n) is 8.07. The van der Waals surface area contributed by atoms with Crippen molar-refractivity contribution < 1.29 is 22.6 Å². The highest BCUT2D eigenvalue weighted by molar-refractivity contribution is 5.68. The number of ether oxygens (including phenoxy) is 2. The molecule has 1 aliphatic carbocycles. The molecule has 1 aliphatic rings. The zero-order valence-electron chi connectivity index (χ0n) is 18.4. The number of anilines is 2. The first-order chi connectivity index (χ1) is 15.9. The summed E-state index contributed by atoms with van der Waals surface area (Å²) in [5.41, 5.74) is 0.424. The molecule has 0 atom stereocenters. The van der Waals surface area contributed by atoms with Crippen molar-refractivity contribution in [1.29, 1.82) is 0 Å². The maximum Gasteiger partial charge on any atom is 0.421 e. The molecular formula is C25H26F3N3O2. The summed E-state index contributed by atoms with van der Waals surface area (Å²) < 4.78 is 53.2. The first kappa shape index (κ1) is 22.9. The van der Waals surface area contributed by atoms with Gasteiger partial charge in [0.1, 0.15) is 17.9 Å². The quantitative estimate of drug-likeness (QED) is 0.402. The molecule has 1 heterocycles. The molecule has 0 spiro atoms. The molecule has 4 rings (SSSR count). The van der Waals surface area contributed by atoms with E-state index in [9.17, 15) is 13.2 Å². The van der Waals surface area contributed by atoms with Crippen molar-refractivity contribution in [3.63, 3.8) is 0 Å². The first-order valence-electron chi connectivity index (χ1n) is 11.0. The molecule has 0 N–H and O–H groups in total. The van der Waals surface area contributed by atoms with Crippen molar-refractivity contribution in [2.75, 3.05) is 11.9 Å². The number of aromatic nitrogens is 2. The summed E-state index contributed by atoms with van der Waals surface area (Å²) in [7, 11) is 1.54. The lowest BCUT2D eigenvalue weighted by atomic mass is 9.98. The molecule has 5 nitrogen and oxygen atoms in total. The van der Waals surface area contributed by atoms with E-state index in [1.54, 1.807) is 25.2 Å². The van der Waals surface area contributed by atoms with E-state index >= 15 is 0 Å². The predicted octanol–water partition coefficient (Wildman–Crippen LogP) is 6.55. The number of benzene rings is 2. The van der Waals surface area contributed by atoms with Gasteiger partial charge in [0.15, 0.2) is 5.82 Å². The maximum absolute atomic E-state index is 13.8. The summed E-state index contributed by atoms with van der Waals surface area (Å²) in [5, 5.41) is 0. The number of hydrogen-bond acceptors (Lipinski definition) is 5. The van der Waals surface area contributed by atoms with Gasteiger partial charge in [0.05, 0.1) is 11.8 Å². The summed E-state index contributed by atoms with van der Waals surface area (Å²) in [6.45, 7) is 0.150. The van der Waals surface area contributed by atoms with Crippen molar-refractivity contribution in [2.45, 2.75) is 51.0 Å². The Labute approximate surface area is 191 Å². The molecule has 33 heavy (non-hydrogen) atoms. The summed E-state index contributed by atoms with van der Waals surface area (Å²) >= 11 is 0. The van der Waals surface area contributed by atoms with Gasteiger partial charge in [0.25, 0.3) is 0 Å². The molecule has 0 unspecified atom stereocenters. The van der Waals surface area contributed by atoms with Crippen LogP contribution in [0.15, 0.2) is 60.8 Å². The highest BCUT2D eigenvalue weighted by atomic mass is 19.4. The average molecular weight is 457 g/mol. The molecule has 1 fully saturated rings. The lowest BCUT2D eigenvalue weighted by molar-refractivity contribution is -0.137. The summed E-state index contributed by atoms with van der Waals surface area (Å²) in [6.07, 6.45) is 1.45. The standard InChI is InChI=1S/C25H26F3N3O2/c1-31(21-14-8-9-15-22(21)33-19-12-6-3-7-13-19)23-20(25(26,27)28)16-29-24(30-23)32-17-18-10-4-2-5-11-18/h2,4-5,8-11,14-16,19H,3,6-7,12-13,17H2,1H3. The van der Waals surface area contributed by atoms with Gasteiger partial charge in [-0.25, -0.2) is 4.98 Å². The van der Waals surface area contributed by atoms with Crippen LogP contribution in [0.3, 0.4) is 0 Å². The van der Waals surface area contributed by atoms with E-state index in [-0.39, 0.29) is 24.5 Å². The highest BCUT2D eigenvalue weighted by Gasteiger charge is 2.37. The van der Waals surface area contributed by atoms with Gasteiger partial charge in [-0.05, 0) is 43.4 Å². The van der Waals surface area contributed by atoms with Crippen LogP contribution in [0.5, 0.6) is 11.8 Å². The Morgan fingerprint density at radius 1 is 0.970 bits per heavy atom. The van der Waals surface area contributed by atoms with Gasteiger partial charge >= 0.3 is 12.2 Å². The summed E-state index contributed by atoms with van der Waals surface area (Å²) in [6, 6.07) is 16.3. The van der Waals surface area contributed by atoms with Crippen LogP contribution in [0.4, 0.5) is 24.7 Å². The van der Waals surface area contributed by atoms with Crippen molar-refractivity contribution in [3.05, 3.63) is 71.9 Å². The molecule has 0 bridgehead atoms. The summed E-state index contributed by atoms with van der Waals surface area (Å²) in [5.74, 6) is 0.241. The third-order valence-electron chi connectivity index (χ3n) is 5.65. The van der Waals surface area contributed by atoms with E-state index in [1.807, 2.05) is 36.4 Å². The Bertz CT molecular complexity index is 1050. The Morgan fingerprint density at radius 2 is 1.67 bits per heavy atom. The lowest BCUT2D eigenvalue weighted by Crippen LogP contribution is -2.23. The van der Waals surface area contributed by atoms with Gasteiger partial charge in [-0.1, -0.05) is 48.9 Å². The zero-order valence-corrected chi connectivity index (χ0v) is 18.4. The van der Waals surface area contributed by atoms with Crippen LogP contribution >= 0.6 is 0 Å². The number of hydrogen-bond donors (Lipinski definition) is 0. The Hall–Kier alpha value is -3.29. The molecule has 174 valence electrons. The molecule has 0 aliphatic heterocycles. The predicted molar refractivity (Wildman–Crippen MR) is 120 cm³/mol. The molecule has 0 amide bonds. The van der Waals surface area contributed by atoms with Crippen LogP contribution in [0.1, 0.15) is 43.2 Å². The van der Waals surface area contributed by atoms with Gasteiger partial charge in [-0.3, -0.25) is 0 Å². The molecule has 2 aromatic carbocycles. The number of alkyl halides is 3. The second-order valence-corrected chi connectivity index (χ2v) is 8.07. The highest BCUT2D eigenvalue weighted by Crippen LogP contribution is 2.40. The summed E-state index contributed by atoms with van der Waals surface area (Å²) in [4.78, 5) is 9.32. The average Bonchev–Trinajstić information content (AvgIpc) is 2.83. The van der Waals surface area contributed by atoms with Crippen molar-refractivity contribution in [3.8, 4) is 11.8 Å². The Morgan fingerprint density at radius 3 is 2.39 bits per heavy atom. The molecule has 0 radical (unpaired) electrons. The number of rotatable bonds is 7. The molecular weight excluding hydrogens is 431 g/mol. The fourth-order valence-corrected chi connectivity index (χ4v) is 3.92. The van der Waals surface area contributed by atoms with Gasteiger partial charge in [-0.15, -0.1) is 0 Å². The SMILES string of the molecule is CN(c1ccccc1OC1CCCCC1)c1nc(OCc2ccccc2)ncc1C(F)(F)F. The van der Waals surface area contributed by atoms with Crippen LogP contribution in [-0.2, 0) is 12.8 Å². The minimum atomic E-state index is -4.62. The number of nitrogens with zero attached hydrogens (tertiary/aromatic N) is 3. The topological polar surface area (TPSA) is 47.5 Å². The van der Waals surface area contributed by atoms with Gasteiger partial charge in [0.2, 0.25) is 0 Å². The van der Waals surface area contributed by atoms with Gasteiger partial charge in [0, 0.05) is 13.2 Å². The van der Waals surface area contributed by atoms with E-state index < -0.39 is 11.7 Å². The van der Waals surface area contributed by atoms with E-state index in [4.69, 9.17) is 9.47 Å². The minimum absolute atomic E-state index is 0.0607. The molecule has 1 saturated carbocycles. The van der Waals surface area contributed by atoms with E-state index in [0.717, 1.165) is 37.4 Å². The van der Waals surface area contributed by atoms with Crippen LogP contribution in [0.2, 0.25) is 0 Å². The van der Waals surface area contributed by atoms with Crippen molar-refractivity contribution in [1.82, 2.24) is 9.97 Å². The zero-order chi connectivity index (χ0) is 23.3. The smallest absolute Gasteiger partial charge is 0.421 e. The van der Waals surface area contributed by atoms with Crippen LogP contribution in [-0.4, -0.2) is 23.1 Å². The monoisotopic (exact) mass is 457 g/mol. The third kappa shape index (κ3) is 5.74. The van der Waals surface area contributed by atoms with Gasteiger partial charge < -0.3 is 14.4 Å². The lowest BCUT2D eigenvalue weighted by Gasteiger charge is -2.28. The van der Waals surface area contributed by atoms with Crippen molar-refractivity contribution in [2.24, 2.45) is 0 Å². The minimum Gasteiger partial charge on any atom is -0.488 e. The molecule has 0 saturated heterocycles. The molecule has 3 aromatic rings. The fraction of sp³-hybridized carbons (Fsp3) is 0.360. The van der Waals surface area contributed by atoms with Gasteiger partial charge in [-0.2, -0.15) is 18.2 Å². The van der Waals surface area contributed by atoms with Crippen LogP contribution in [0, 0.1) is 0 Å². The van der Waals surface area contributed by atoms with Crippen LogP contribution < -0.4 is 14.4 Å². The van der Waals surface area contributed by atoms with E-state index in [2.05, 4.69) is 9.97 Å². The maximum atomic E-state index is 13.8. The third-order valence-corrected chi connectivity index (χ3v) is 5.65. The number of halogens is 3. The van der Waals surface area contributed by atoms with Crippen LogP contribution in [0.25, 0.3) is 0 Å². The molecule has 1 aromatic heterocycles. The normalized spacial score (nSPS) is 14.7. The Kier molecular flexibility index (Phi) is 7.01. The Balaban J connectivity index is 1.63. The fourth-order valence-electron chi connectivity index (χ4n) is 3.92. The second kappa shape index (κ2) is 10.1. The largest absolute Gasteiger partial charge is 0.488 e. The number of para-hydroxylation sites is 2. The van der Waals surface area contributed by atoms with Crippen molar-refractivity contribution >= 4 is 11.5 Å². The first-order valence-corrected chi connectivity index (χ1v) is 11.0. The molecule has 8 heteroatoms. The van der Waals surface area contributed by atoms with E-state index in [0.29, 0.717) is 11.4 Å².